The van der Waals surface area contributed by atoms with Gasteiger partial charge in [0.1, 0.15) is 16.5 Å². The van der Waals surface area contributed by atoms with E-state index < -0.39 is 34.0 Å². The van der Waals surface area contributed by atoms with Gasteiger partial charge in [0, 0.05) is 6.07 Å². The molecule has 2 rings (SSSR count). The maximum absolute atomic E-state index is 13.5. The maximum atomic E-state index is 13.5. The van der Waals surface area contributed by atoms with Gasteiger partial charge in [0.25, 0.3) is 10.0 Å². The summed E-state index contributed by atoms with van der Waals surface area (Å²) in [4.78, 5) is 0.139. The minimum Gasteiger partial charge on any atom is -0.391 e. The Morgan fingerprint density at radius 1 is 1.35 bits per heavy atom. The second kappa shape index (κ2) is 5.47. The van der Waals surface area contributed by atoms with Gasteiger partial charge in [-0.25, -0.2) is 17.2 Å². The van der Waals surface area contributed by atoms with Crippen LogP contribution in [-0.4, -0.2) is 13.5 Å². The van der Waals surface area contributed by atoms with Gasteiger partial charge in [0.2, 0.25) is 0 Å². The predicted molar refractivity (Wildman–Crippen MR) is 72.1 cm³/mol. The Kier molecular flexibility index (Phi) is 4.07. The second-order valence-electron chi connectivity index (χ2n) is 4.06. The second-order valence-corrected chi connectivity index (χ2v) is 6.64. The fourth-order valence-corrected chi connectivity index (χ4v) is 4.45. The average Bonchev–Trinajstić information content (AvgIpc) is 2.75. The lowest BCUT2D eigenvalue weighted by Crippen LogP contribution is -2.16. The zero-order valence-corrected chi connectivity index (χ0v) is 12.0. The molecular formula is C12H11F2NO3S2. The summed E-state index contributed by atoms with van der Waals surface area (Å²) in [5, 5.41) is 10.7. The number of sulfonamides is 1. The SMILES string of the molecule is Cc1csc(CO)c1S(=O)(=O)Nc1cc(F)ccc1F. The molecule has 108 valence electrons. The molecule has 4 nitrogen and oxygen atoms in total. The summed E-state index contributed by atoms with van der Waals surface area (Å²) in [6.07, 6.45) is 0. The number of aliphatic hydroxyl groups excluding tert-OH is 1. The number of aliphatic hydroxyl groups is 1. The van der Waals surface area contributed by atoms with Gasteiger partial charge >= 0.3 is 0 Å². The Morgan fingerprint density at radius 3 is 2.70 bits per heavy atom. The number of anilines is 1. The van der Waals surface area contributed by atoms with Crippen molar-refractivity contribution in [1.29, 1.82) is 0 Å². The van der Waals surface area contributed by atoms with Gasteiger partial charge in [-0.1, -0.05) is 0 Å². The van der Waals surface area contributed by atoms with Gasteiger partial charge < -0.3 is 5.11 Å². The van der Waals surface area contributed by atoms with Gasteiger partial charge in [0.05, 0.1) is 17.2 Å². The third kappa shape index (κ3) is 2.82. The monoisotopic (exact) mass is 319 g/mol. The fourth-order valence-electron chi connectivity index (χ4n) is 1.73. The molecule has 0 fully saturated rings. The smallest absolute Gasteiger partial charge is 0.263 e. The standard InChI is InChI=1S/C12H11F2NO3S2/c1-7-6-19-11(5-16)12(7)20(17,18)15-10-4-8(13)2-3-9(10)14/h2-4,6,15-16H,5H2,1H3. The summed E-state index contributed by atoms with van der Waals surface area (Å²) in [6, 6.07) is 2.48. The first-order valence-corrected chi connectivity index (χ1v) is 7.87. The quantitative estimate of drug-likeness (QED) is 0.910. The highest BCUT2D eigenvalue weighted by Crippen LogP contribution is 2.29. The predicted octanol–water partition coefficient (Wildman–Crippen LogP) is 2.63. The van der Waals surface area contributed by atoms with Crippen molar-refractivity contribution in [3.8, 4) is 0 Å². The molecule has 8 heteroatoms. The van der Waals surface area contributed by atoms with Gasteiger partial charge in [-0.15, -0.1) is 11.3 Å². The van der Waals surface area contributed by atoms with E-state index in [2.05, 4.69) is 0 Å². The molecule has 20 heavy (non-hydrogen) atoms. The van der Waals surface area contributed by atoms with E-state index in [1.165, 1.54) is 0 Å². The van der Waals surface area contributed by atoms with Crippen LogP contribution in [0.4, 0.5) is 14.5 Å². The molecular weight excluding hydrogens is 308 g/mol. The molecule has 0 amide bonds. The molecule has 0 saturated carbocycles. The van der Waals surface area contributed by atoms with E-state index in [1.54, 1.807) is 12.3 Å². The van der Waals surface area contributed by atoms with E-state index in [4.69, 9.17) is 5.11 Å². The summed E-state index contributed by atoms with van der Waals surface area (Å²) in [6.45, 7) is 1.12. The lowest BCUT2D eigenvalue weighted by molar-refractivity contribution is 0.282. The Bertz CT molecular complexity index is 741. The van der Waals surface area contributed by atoms with Crippen molar-refractivity contribution in [3.05, 3.63) is 45.7 Å². The number of thiophene rings is 1. The van der Waals surface area contributed by atoms with Gasteiger partial charge in [-0.3, -0.25) is 4.72 Å². The normalized spacial score (nSPS) is 11.6. The molecule has 1 aromatic heterocycles. The van der Waals surface area contributed by atoms with Gasteiger partial charge in [0.15, 0.2) is 0 Å². The van der Waals surface area contributed by atoms with E-state index in [0.29, 0.717) is 5.56 Å². The third-order valence-corrected chi connectivity index (χ3v) is 5.39. The number of benzene rings is 1. The molecule has 1 heterocycles. The van der Waals surface area contributed by atoms with Crippen LogP contribution in [0.5, 0.6) is 0 Å². The molecule has 0 unspecified atom stereocenters. The van der Waals surface area contributed by atoms with Crippen molar-refractivity contribution in [3.63, 3.8) is 0 Å². The Labute approximate surface area is 118 Å². The zero-order valence-electron chi connectivity index (χ0n) is 10.4. The molecule has 0 spiro atoms. The van der Waals surface area contributed by atoms with Crippen LogP contribution in [0.15, 0.2) is 28.5 Å². The summed E-state index contributed by atoms with van der Waals surface area (Å²) in [5.41, 5.74) is -0.0390. The molecule has 0 aliphatic carbocycles. The van der Waals surface area contributed by atoms with Gasteiger partial charge in [-0.05, 0) is 30.0 Å². The largest absolute Gasteiger partial charge is 0.391 e. The number of rotatable bonds is 4. The van der Waals surface area contributed by atoms with Crippen LogP contribution in [-0.2, 0) is 16.6 Å². The Hall–Kier alpha value is -1.51. The van der Waals surface area contributed by atoms with Crippen molar-refractivity contribution in [2.75, 3.05) is 4.72 Å². The van der Waals surface area contributed by atoms with Crippen molar-refractivity contribution in [2.24, 2.45) is 0 Å². The minimum atomic E-state index is -4.09. The number of nitrogens with one attached hydrogen (secondary N) is 1. The summed E-state index contributed by atoms with van der Waals surface area (Å²) in [5.74, 6) is -1.64. The summed E-state index contributed by atoms with van der Waals surface area (Å²) in [7, 11) is -4.09. The number of halogens is 2. The van der Waals surface area contributed by atoms with Crippen LogP contribution in [0.2, 0.25) is 0 Å². The number of aryl methyl sites for hydroxylation is 1. The van der Waals surface area contributed by atoms with E-state index in [0.717, 1.165) is 29.5 Å². The molecule has 0 atom stereocenters. The zero-order chi connectivity index (χ0) is 14.9. The van der Waals surface area contributed by atoms with Crippen molar-refractivity contribution < 1.29 is 22.3 Å². The van der Waals surface area contributed by atoms with E-state index in [9.17, 15) is 17.2 Å². The van der Waals surface area contributed by atoms with Crippen molar-refractivity contribution >= 4 is 27.0 Å². The van der Waals surface area contributed by atoms with Crippen LogP contribution in [0.3, 0.4) is 0 Å². The van der Waals surface area contributed by atoms with Crippen LogP contribution in [0, 0.1) is 18.6 Å². The van der Waals surface area contributed by atoms with Crippen LogP contribution < -0.4 is 4.72 Å². The minimum absolute atomic E-state index is 0.103. The van der Waals surface area contributed by atoms with E-state index in [1.807, 2.05) is 4.72 Å². The lowest BCUT2D eigenvalue weighted by atomic mass is 10.3. The average molecular weight is 319 g/mol. The molecule has 0 saturated heterocycles. The molecule has 0 radical (unpaired) electrons. The first kappa shape index (κ1) is 14.9. The molecule has 2 aromatic rings. The van der Waals surface area contributed by atoms with Crippen LogP contribution in [0.25, 0.3) is 0 Å². The summed E-state index contributed by atoms with van der Waals surface area (Å²) < 4.78 is 53.0. The third-order valence-electron chi connectivity index (χ3n) is 2.57. The van der Waals surface area contributed by atoms with Crippen LogP contribution in [0.1, 0.15) is 10.4 Å². The van der Waals surface area contributed by atoms with E-state index in [-0.39, 0.29) is 9.77 Å². The molecule has 0 aliphatic rings. The Balaban J connectivity index is 2.46. The number of hydrogen-bond donors (Lipinski definition) is 2. The van der Waals surface area contributed by atoms with Crippen molar-refractivity contribution in [1.82, 2.24) is 0 Å². The van der Waals surface area contributed by atoms with Crippen molar-refractivity contribution in [2.45, 2.75) is 18.4 Å². The first-order chi connectivity index (χ1) is 9.35. The highest BCUT2D eigenvalue weighted by molar-refractivity contribution is 7.93. The molecule has 2 N–H and O–H groups in total. The topological polar surface area (TPSA) is 66.4 Å². The molecule has 0 aliphatic heterocycles. The number of hydrogen-bond acceptors (Lipinski definition) is 4. The molecule has 0 bridgehead atoms. The molecule has 1 aromatic carbocycles. The maximum Gasteiger partial charge on any atom is 0.263 e. The Morgan fingerprint density at radius 2 is 2.05 bits per heavy atom. The highest BCUT2D eigenvalue weighted by Gasteiger charge is 2.24. The van der Waals surface area contributed by atoms with E-state index >= 15 is 0 Å². The lowest BCUT2D eigenvalue weighted by Gasteiger charge is -2.10. The first-order valence-electron chi connectivity index (χ1n) is 5.51. The fraction of sp³-hybridized carbons (Fsp3) is 0.167. The van der Waals surface area contributed by atoms with Gasteiger partial charge in [-0.2, -0.15) is 0 Å². The summed E-state index contributed by atoms with van der Waals surface area (Å²) >= 11 is 1.08. The highest BCUT2D eigenvalue weighted by atomic mass is 32.2. The van der Waals surface area contributed by atoms with Crippen LogP contribution >= 0.6 is 11.3 Å².